The number of halogens is 3. The summed E-state index contributed by atoms with van der Waals surface area (Å²) in [5, 5.41) is 18.0. The monoisotopic (exact) mass is 500 g/mol. The lowest BCUT2D eigenvalue weighted by atomic mass is 9.98. The normalized spacial score (nSPS) is 15.2. The minimum atomic E-state index is -4.62. The Kier molecular flexibility index (Phi) is 7.19. The molecule has 0 amide bonds. The highest BCUT2D eigenvalue weighted by Gasteiger charge is 2.33. The van der Waals surface area contributed by atoms with Gasteiger partial charge in [-0.25, -0.2) is 14.8 Å². The first-order valence-corrected chi connectivity index (χ1v) is 11.4. The van der Waals surface area contributed by atoms with Crippen LogP contribution in [0.25, 0.3) is 22.6 Å². The Bertz CT molecular complexity index is 1290. The summed E-state index contributed by atoms with van der Waals surface area (Å²) in [6.07, 6.45) is -0.884. The molecule has 1 fully saturated rings. The van der Waals surface area contributed by atoms with Crippen molar-refractivity contribution in [2.45, 2.75) is 64.5 Å². The minimum absolute atomic E-state index is 0.0485. The third kappa shape index (κ3) is 5.79. The van der Waals surface area contributed by atoms with E-state index < -0.39 is 24.3 Å². The van der Waals surface area contributed by atoms with E-state index in [1.165, 1.54) is 13.0 Å². The number of nitriles is 1. The molecular weight excluding hydrogens is 477 g/mol. The second-order valence-corrected chi connectivity index (χ2v) is 8.53. The number of hydrogen-bond donors (Lipinski definition) is 0. The van der Waals surface area contributed by atoms with Crippen molar-refractivity contribution >= 4 is 6.16 Å². The highest BCUT2D eigenvalue weighted by molar-refractivity contribution is 5.71. The zero-order valence-corrected chi connectivity index (χ0v) is 19.6. The van der Waals surface area contributed by atoms with Crippen LogP contribution in [0.15, 0.2) is 30.5 Å². The van der Waals surface area contributed by atoms with Gasteiger partial charge in [-0.15, -0.1) is 15.0 Å². The van der Waals surface area contributed by atoms with Crippen molar-refractivity contribution in [3.63, 3.8) is 0 Å². The van der Waals surface area contributed by atoms with Gasteiger partial charge in [-0.1, -0.05) is 6.42 Å². The molecule has 0 N–H and O–H groups in total. The average molecular weight is 500 g/mol. The number of benzene rings is 1. The average Bonchev–Trinajstić information content (AvgIpc) is 3.29. The third-order valence-electron chi connectivity index (χ3n) is 5.70. The molecule has 1 unspecified atom stereocenters. The Balaban J connectivity index is 1.59. The third-order valence-corrected chi connectivity index (χ3v) is 5.70. The van der Waals surface area contributed by atoms with Crippen molar-refractivity contribution in [3.05, 3.63) is 47.4 Å². The molecule has 0 bridgehead atoms. The van der Waals surface area contributed by atoms with Crippen molar-refractivity contribution in [3.8, 4) is 28.7 Å². The van der Waals surface area contributed by atoms with Gasteiger partial charge in [0.05, 0.1) is 0 Å². The van der Waals surface area contributed by atoms with E-state index in [-0.39, 0.29) is 23.3 Å². The van der Waals surface area contributed by atoms with E-state index in [0.717, 1.165) is 49.2 Å². The molecule has 1 saturated carbocycles. The molecule has 1 atom stereocenters. The maximum absolute atomic E-state index is 13.1. The summed E-state index contributed by atoms with van der Waals surface area (Å²) in [7, 11) is 0. The first-order valence-electron chi connectivity index (χ1n) is 11.4. The molecule has 2 heterocycles. The lowest BCUT2D eigenvalue weighted by Gasteiger charge is -2.22. The molecule has 0 radical (unpaired) electrons. The van der Waals surface area contributed by atoms with Gasteiger partial charge in [-0.3, -0.25) is 0 Å². The van der Waals surface area contributed by atoms with Crippen LogP contribution in [-0.4, -0.2) is 37.2 Å². The molecule has 0 aliphatic heterocycles. The molecule has 36 heavy (non-hydrogen) atoms. The fraction of sp³-hybridized carbons (Fsp3) is 0.417. The van der Waals surface area contributed by atoms with E-state index in [2.05, 4.69) is 20.2 Å². The maximum Gasteiger partial charge on any atom is 0.510 e. The Hall–Kier alpha value is -4.01. The molecule has 3 aromatic rings. The van der Waals surface area contributed by atoms with Crippen LogP contribution in [0.1, 0.15) is 62.2 Å². The van der Waals surface area contributed by atoms with Crippen LogP contribution in [0.2, 0.25) is 0 Å². The molecular formula is C24H23F3N6O3. The van der Waals surface area contributed by atoms with Crippen LogP contribution in [0.4, 0.5) is 18.0 Å². The number of aryl methyl sites for hydroxylation is 1. The summed E-state index contributed by atoms with van der Waals surface area (Å²) in [5.74, 6) is -0.122. The quantitative estimate of drug-likeness (QED) is 0.416. The molecule has 9 nitrogen and oxygen atoms in total. The van der Waals surface area contributed by atoms with E-state index in [0.29, 0.717) is 16.7 Å². The number of rotatable bonds is 5. The van der Waals surface area contributed by atoms with Crippen LogP contribution >= 0.6 is 0 Å². The molecule has 1 aromatic carbocycles. The first-order chi connectivity index (χ1) is 17.1. The molecule has 12 heteroatoms. The summed E-state index contributed by atoms with van der Waals surface area (Å²) in [6.45, 7) is 3.27. The fourth-order valence-electron chi connectivity index (χ4n) is 3.99. The Morgan fingerprint density at radius 3 is 2.58 bits per heavy atom. The molecule has 1 aliphatic carbocycles. The second-order valence-electron chi connectivity index (χ2n) is 8.53. The molecule has 1 aliphatic rings. The van der Waals surface area contributed by atoms with Crippen molar-refractivity contribution in [2.24, 2.45) is 0 Å². The topological polar surface area (TPSA) is 116 Å². The van der Waals surface area contributed by atoms with Crippen LogP contribution in [0, 0.1) is 18.3 Å². The van der Waals surface area contributed by atoms with Gasteiger partial charge in [0.2, 0.25) is 6.23 Å². The van der Waals surface area contributed by atoms with Crippen molar-refractivity contribution < 1.29 is 27.4 Å². The van der Waals surface area contributed by atoms with Gasteiger partial charge in [0.25, 0.3) is 0 Å². The van der Waals surface area contributed by atoms with Gasteiger partial charge < -0.3 is 9.47 Å². The molecule has 188 valence electrons. The summed E-state index contributed by atoms with van der Waals surface area (Å²) in [4.78, 5) is 20.9. The Morgan fingerprint density at radius 2 is 1.89 bits per heavy atom. The highest BCUT2D eigenvalue weighted by atomic mass is 19.4. The largest absolute Gasteiger partial charge is 0.510 e. The van der Waals surface area contributed by atoms with Gasteiger partial charge in [0, 0.05) is 17.3 Å². The van der Waals surface area contributed by atoms with Crippen LogP contribution in [-0.2, 0) is 15.7 Å². The van der Waals surface area contributed by atoms with E-state index in [1.807, 2.05) is 6.07 Å². The SMILES string of the molecule is Cc1cc(-c2nccc(C(F)(F)F)n2)cc(-c2nn(C(C)OC(=O)OC3CCCCC3)nc2C#N)c1. The predicted molar refractivity (Wildman–Crippen MR) is 120 cm³/mol. The minimum Gasteiger partial charge on any atom is -0.431 e. The summed E-state index contributed by atoms with van der Waals surface area (Å²) in [6, 6.07) is 7.60. The summed E-state index contributed by atoms with van der Waals surface area (Å²) in [5.41, 5.74) is 0.478. The van der Waals surface area contributed by atoms with Gasteiger partial charge in [-0.2, -0.15) is 18.4 Å². The van der Waals surface area contributed by atoms with Crippen LogP contribution in [0.5, 0.6) is 0 Å². The van der Waals surface area contributed by atoms with Gasteiger partial charge in [-0.05, 0) is 69.4 Å². The molecule has 0 spiro atoms. The zero-order chi connectivity index (χ0) is 25.9. The Morgan fingerprint density at radius 1 is 1.17 bits per heavy atom. The van der Waals surface area contributed by atoms with Crippen molar-refractivity contribution in [1.82, 2.24) is 25.0 Å². The number of carbonyl (C=O) groups is 1. The first kappa shape index (κ1) is 25.1. The number of nitrogens with zero attached hydrogens (tertiary/aromatic N) is 6. The number of ether oxygens (including phenoxy) is 2. The standard InChI is InChI=1S/C24H23F3N6O3/c1-14-10-16(12-17(11-14)22-29-9-8-20(30-22)24(25,26)27)21-19(13-28)31-33(32-21)15(2)35-23(34)36-18-6-4-3-5-7-18/h8-12,15,18H,3-7H2,1-2H3. The van der Waals surface area contributed by atoms with Gasteiger partial charge >= 0.3 is 12.3 Å². The highest BCUT2D eigenvalue weighted by Crippen LogP contribution is 2.31. The molecule has 0 saturated heterocycles. The fourth-order valence-corrected chi connectivity index (χ4v) is 3.99. The molecule has 4 rings (SSSR count). The van der Waals surface area contributed by atoms with Gasteiger partial charge in [0.15, 0.2) is 11.5 Å². The lowest BCUT2D eigenvalue weighted by Crippen LogP contribution is -2.24. The van der Waals surface area contributed by atoms with E-state index in [4.69, 9.17) is 9.47 Å². The predicted octanol–water partition coefficient (Wildman–Crippen LogP) is 5.61. The number of carbonyl (C=O) groups excluding carboxylic acids is 1. The van der Waals surface area contributed by atoms with Gasteiger partial charge in [0.1, 0.15) is 23.6 Å². The Labute approximate surface area is 204 Å². The van der Waals surface area contributed by atoms with Crippen LogP contribution < -0.4 is 0 Å². The zero-order valence-electron chi connectivity index (χ0n) is 19.6. The second kappa shape index (κ2) is 10.3. The van der Waals surface area contributed by atoms with E-state index >= 15 is 0 Å². The van der Waals surface area contributed by atoms with E-state index in [9.17, 15) is 23.2 Å². The lowest BCUT2D eigenvalue weighted by molar-refractivity contribution is -0.141. The van der Waals surface area contributed by atoms with Crippen LogP contribution in [0.3, 0.4) is 0 Å². The number of hydrogen-bond acceptors (Lipinski definition) is 8. The number of alkyl halides is 3. The van der Waals surface area contributed by atoms with Crippen molar-refractivity contribution in [2.75, 3.05) is 0 Å². The number of aromatic nitrogens is 5. The summed E-state index contributed by atoms with van der Waals surface area (Å²) >= 11 is 0. The molecule has 2 aromatic heterocycles. The van der Waals surface area contributed by atoms with E-state index in [1.54, 1.807) is 19.1 Å². The van der Waals surface area contributed by atoms with Crippen molar-refractivity contribution in [1.29, 1.82) is 5.26 Å². The summed E-state index contributed by atoms with van der Waals surface area (Å²) < 4.78 is 50.0. The smallest absolute Gasteiger partial charge is 0.431 e. The maximum atomic E-state index is 13.1.